The van der Waals surface area contributed by atoms with Crippen LogP contribution in [0.1, 0.15) is 35.5 Å². The Kier molecular flexibility index (Phi) is 5.65. The molecule has 3 rings (SSSR count). The fraction of sp³-hybridized carbons (Fsp3) is 0.238. The van der Waals surface area contributed by atoms with Gasteiger partial charge in [-0.25, -0.2) is 4.79 Å². The van der Waals surface area contributed by atoms with Gasteiger partial charge < -0.3 is 14.0 Å². The smallest absolute Gasteiger partial charge is 0.340 e. The van der Waals surface area contributed by atoms with E-state index in [2.05, 4.69) is 20.5 Å². The molecule has 6 heteroatoms. The monoisotopic (exact) mass is 429 g/mol. The van der Waals surface area contributed by atoms with E-state index in [0.717, 1.165) is 16.8 Å². The Bertz CT molecular complexity index is 1010. The van der Waals surface area contributed by atoms with Crippen molar-refractivity contribution >= 4 is 38.8 Å². The number of fused-ring (bicyclic) bond motifs is 1. The van der Waals surface area contributed by atoms with E-state index in [1.807, 2.05) is 43.3 Å². The molecule has 0 aliphatic heterocycles. The van der Waals surface area contributed by atoms with Crippen molar-refractivity contribution in [3.05, 3.63) is 63.8 Å². The van der Waals surface area contributed by atoms with Gasteiger partial charge in [-0.1, -0.05) is 30.3 Å². The van der Waals surface area contributed by atoms with E-state index >= 15 is 0 Å². The van der Waals surface area contributed by atoms with Gasteiger partial charge in [-0.2, -0.15) is 0 Å². The van der Waals surface area contributed by atoms with Crippen LogP contribution in [0, 0.1) is 6.92 Å². The summed E-state index contributed by atoms with van der Waals surface area (Å²) in [4.78, 5) is 24.0. The zero-order valence-corrected chi connectivity index (χ0v) is 17.0. The maximum Gasteiger partial charge on any atom is 0.340 e. The summed E-state index contributed by atoms with van der Waals surface area (Å²) in [7, 11) is 0. The number of hydrogen-bond acceptors (Lipinski definition) is 4. The molecule has 27 heavy (non-hydrogen) atoms. The highest BCUT2D eigenvalue weighted by Gasteiger charge is 2.23. The molecule has 3 aromatic rings. The largest absolute Gasteiger partial charge is 0.462 e. The fourth-order valence-electron chi connectivity index (χ4n) is 3.14. The maximum absolute atomic E-state index is 12.6. The van der Waals surface area contributed by atoms with Crippen LogP contribution in [0.5, 0.6) is 5.75 Å². The molecule has 0 saturated carbocycles. The Morgan fingerprint density at radius 2 is 1.85 bits per heavy atom. The van der Waals surface area contributed by atoms with Gasteiger partial charge in [-0.15, -0.1) is 0 Å². The molecule has 0 aliphatic carbocycles. The summed E-state index contributed by atoms with van der Waals surface area (Å²) in [6.07, 6.45) is 0. The zero-order chi connectivity index (χ0) is 19.6. The van der Waals surface area contributed by atoms with Crippen LogP contribution in [0.15, 0.2) is 46.9 Å². The minimum Gasteiger partial charge on any atom is -0.462 e. The van der Waals surface area contributed by atoms with Crippen LogP contribution >= 0.6 is 15.9 Å². The van der Waals surface area contributed by atoms with Crippen LogP contribution in [0.4, 0.5) is 0 Å². The zero-order valence-electron chi connectivity index (χ0n) is 15.4. The molecule has 0 unspecified atom stereocenters. The van der Waals surface area contributed by atoms with Crippen LogP contribution in [0.3, 0.4) is 0 Å². The third-order valence-corrected chi connectivity index (χ3v) is 4.91. The number of carbonyl (C=O) groups excluding carboxylic acids is 2. The van der Waals surface area contributed by atoms with Crippen molar-refractivity contribution in [1.29, 1.82) is 0 Å². The van der Waals surface area contributed by atoms with Gasteiger partial charge in [0.1, 0.15) is 5.75 Å². The number of aromatic nitrogens is 1. The van der Waals surface area contributed by atoms with Crippen LogP contribution in [0.2, 0.25) is 0 Å². The summed E-state index contributed by atoms with van der Waals surface area (Å²) in [5.41, 5.74) is 3.28. The van der Waals surface area contributed by atoms with E-state index in [1.54, 1.807) is 13.0 Å². The van der Waals surface area contributed by atoms with Gasteiger partial charge >= 0.3 is 11.9 Å². The van der Waals surface area contributed by atoms with Gasteiger partial charge in [0.05, 0.1) is 22.2 Å². The molecule has 0 fully saturated rings. The average Bonchev–Trinajstić information content (AvgIpc) is 2.87. The fourth-order valence-corrected chi connectivity index (χ4v) is 3.55. The van der Waals surface area contributed by atoms with Crippen molar-refractivity contribution in [3.63, 3.8) is 0 Å². The maximum atomic E-state index is 12.6. The van der Waals surface area contributed by atoms with E-state index < -0.39 is 5.97 Å². The van der Waals surface area contributed by atoms with E-state index in [4.69, 9.17) is 9.47 Å². The second kappa shape index (κ2) is 7.96. The lowest BCUT2D eigenvalue weighted by molar-refractivity contribution is -0.131. The summed E-state index contributed by atoms with van der Waals surface area (Å²) >= 11 is 3.46. The number of esters is 2. The number of halogens is 1. The lowest BCUT2D eigenvalue weighted by atomic mass is 10.1. The number of hydrogen-bond donors (Lipinski definition) is 0. The number of rotatable bonds is 5. The summed E-state index contributed by atoms with van der Waals surface area (Å²) in [6, 6.07) is 13.6. The van der Waals surface area contributed by atoms with Gasteiger partial charge in [0.15, 0.2) is 0 Å². The van der Waals surface area contributed by atoms with Crippen molar-refractivity contribution in [2.75, 3.05) is 6.61 Å². The van der Waals surface area contributed by atoms with Crippen LogP contribution in [-0.2, 0) is 16.1 Å². The summed E-state index contributed by atoms with van der Waals surface area (Å²) in [6.45, 7) is 5.92. The first-order valence-electron chi connectivity index (χ1n) is 8.64. The molecule has 0 saturated heterocycles. The predicted molar refractivity (Wildman–Crippen MR) is 107 cm³/mol. The normalized spacial score (nSPS) is 10.8. The third kappa shape index (κ3) is 3.90. The first-order chi connectivity index (χ1) is 12.9. The van der Waals surface area contributed by atoms with E-state index in [-0.39, 0.29) is 12.6 Å². The Hall–Kier alpha value is -2.60. The van der Waals surface area contributed by atoms with Gasteiger partial charge in [0.25, 0.3) is 0 Å². The quantitative estimate of drug-likeness (QED) is 0.429. The highest BCUT2D eigenvalue weighted by molar-refractivity contribution is 9.10. The van der Waals surface area contributed by atoms with Crippen molar-refractivity contribution in [2.45, 2.75) is 27.3 Å². The number of ether oxygens (including phenoxy) is 2. The van der Waals surface area contributed by atoms with Crippen molar-refractivity contribution < 1.29 is 19.1 Å². The molecule has 0 radical (unpaired) electrons. The Morgan fingerprint density at radius 3 is 2.48 bits per heavy atom. The van der Waals surface area contributed by atoms with Crippen LogP contribution in [-0.4, -0.2) is 23.1 Å². The molecule has 0 aliphatic rings. The minimum absolute atomic E-state index is 0.289. The molecule has 5 nitrogen and oxygen atoms in total. The molecule has 0 bridgehead atoms. The van der Waals surface area contributed by atoms with Gasteiger partial charge in [-0.3, -0.25) is 4.79 Å². The molecule has 0 N–H and O–H groups in total. The third-order valence-electron chi connectivity index (χ3n) is 4.29. The molecule has 1 aromatic heterocycles. The SMILES string of the molecule is CCOC(=O)c1c(C)n(Cc2ccccc2)c2cc(Br)c(OC(C)=O)cc12. The second-order valence-electron chi connectivity index (χ2n) is 6.15. The Morgan fingerprint density at radius 1 is 1.15 bits per heavy atom. The van der Waals surface area contributed by atoms with Crippen LogP contribution in [0.25, 0.3) is 10.9 Å². The van der Waals surface area contributed by atoms with Crippen LogP contribution < -0.4 is 4.74 Å². The lowest BCUT2D eigenvalue weighted by Gasteiger charge is -2.10. The number of nitrogens with zero attached hydrogens (tertiary/aromatic N) is 1. The summed E-state index contributed by atoms with van der Waals surface area (Å²) in [5, 5.41) is 0.696. The van der Waals surface area contributed by atoms with Crippen molar-refractivity contribution in [2.24, 2.45) is 0 Å². The van der Waals surface area contributed by atoms with E-state index in [0.29, 0.717) is 27.7 Å². The first-order valence-corrected chi connectivity index (χ1v) is 9.43. The molecule has 0 amide bonds. The van der Waals surface area contributed by atoms with Crippen molar-refractivity contribution in [3.8, 4) is 5.75 Å². The van der Waals surface area contributed by atoms with Crippen molar-refractivity contribution in [1.82, 2.24) is 4.57 Å². The molecule has 1 heterocycles. The van der Waals surface area contributed by atoms with Gasteiger partial charge in [0.2, 0.25) is 0 Å². The molecular weight excluding hydrogens is 410 g/mol. The molecular formula is C21H20BrNO4. The molecule has 2 aromatic carbocycles. The van der Waals surface area contributed by atoms with E-state index in [9.17, 15) is 9.59 Å². The molecule has 0 atom stereocenters. The molecule has 140 valence electrons. The van der Waals surface area contributed by atoms with E-state index in [1.165, 1.54) is 6.92 Å². The summed E-state index contributed by atoms with van der Waals surface area (Å²) < 4.78 is 13.2. The van der Waals surface area contributed by atoms with Gasteiger partial charge in [0, 0.05) is 24.5 Å². The topological polar surface area (TPSA) is 57.5 Å². The highest BCUT2D eigenvalue weighted by Crippen LogP contribution is 2.36. The van der Waals surface area contributed by atoms with Gasteiger partial charge in [-0.05, 0) is 47.5 Å². The first kappa shape index (κ1) is 19.2. The second-order valence-corrected chi connectivity index (χ2v) is 7.00. The molecule has 0 spiro atoms. The Balaban J connectivity index is 2.22. The Labute approximate surface area is 166 Å². The average molecular weight is 430 g/mol. The predicted octanol–water partition coefficient (Wildman–Crippen LogP) is 4.86. The number of benzene rings is 2. The minimum atomic E-state index is -0.423. The highest BCUT2D eigenvalue weighted by atomic mass is 79.9. The summed E-state index contributed by atoms with van der Waals surface area (Å²) in [5.74, 6) is -0.437. The number of carbonyl (C=O) groups is 2. The lowest BCUT2D eigenvalue weighted by Crippen LogP contribution is -2.08. The standard InChI is InChI=1S/C21H20BrNO4/c1-4-26-21(25)20-13(2)23(12-15-8-6-5-7-9-15)18-11-17(22)19(10-16(18)20)27-14(3)24/h5-11H,4,12H2,1-3H3.